The number of likely N-dealkylation sites (tertiary alicyclic amines) is 1. The largest absolute Gasteiger partial charge is 0.491 e. The lowest BCUT2D eigenvalue weighted by molar-refractivity contribution is -0.384. The van der Waals surface area contributed by atoms with Crippen LogP contribution in [0.5, 0.6) is 5.75 Å². The Morgan fingerprint density at radius 3 is 2.50 bits per heavy atom. The second-order valence-electron chi connectivity index (χ2n) is 5.08. The summed E-state index contributed by atoms with van der Waals surface area (Å²) in [6.45, 7) is 2.89. The number of hydrogen-bond acceptors (Lipinski definition) is 5. The van der Waals surface area contributed by atoms with Crippen molar-refractivity contribution in [1.82, 2.24) is 4.90 Å². The van der Waals surface area contributed by atoms with Crippen molar-refractivity contribution >= 4 is 5.69 Å². The van der Waals surface area contributed by atoms with Gasteiger partial charge in [0.2, 0.25) is 0 Å². The summed E-state index contributed by atoms with van der Waals surface area (Å²) in [4.78, 5) is 12.3. The molecule has 1 atom stereocenters. The quantitative estimate of drug-likeness (QED) is 0.635. The molecule has 1 heterocycles. The van der Waals surface area contributed by atoms with E-state index in [-0.39, 0.29) is 12.3 Å². The van der Waals surface area contributed by atoms with E-state index < -0.39 is 11.0 Å². The fraction of sp³-hybridized carbons (Fsp3) is 0.571. The molecule has 1 fully saturated rings. The van der Waals surface area contributed by atoms with Crippen molar-refractivity contribution in [3.63, 3.8) is 0 Å². The Bertz CT molecular complexity index is 429. The van der Waals surface area contributed by atoms with Gasteiger partial charge in [-0.25, -0.2) is 0 Å². The van der Waals surface area contributed by atoms with E-state index in [0.29, 0.717) is 12.3 Å². The van der Waals surface area contributed by atoms with Crippen LogP contribution in [0.1, 0.15) is 19.3 Å². The number of piperidine rings is 1. The van der Waals surface area contributed by atoms with Crippen LogP contribution in [0.4, 0.5) is 5.69 Å². The molecule has 0 amide bonds. The van der Waals surface area contributed by atoms with Gasteiger partial charge in [-0.2, -0.15) is 0 Å². The third-order valence-electron chi connectivity index (χ3n) is 3.41. The fourth-order valence-corrected chi connectivity index (χ4v) is 2.35. The SMILES string of the molecule is O=[N+]([O-])c1ccc(OC[C@H](O)CN2CCCCC2)cc1. The van der Waals surface area contributed by atoms with Crippen molar-refractivity contribution in [1.29, 1.82) is 0 Å². The summed E-state index contributed by atoms with van der Waals surface area (Å²) in [5, 5.41) is 20.4. The molecule has 1 aromatic carbocycles. The van der Waals surface area contributed by atoms with Gasteiger partial charge >= 0.3 is 0 Å². The second kappa shape index (κ2) is 7.21. The number of aliphatic hydroxyl groups is 1. The molecule has 1 saturated heterocycles. The maximum Gasteiger partial charge on any atom is 0.269 e. The summed E-state index contributed by atoms with van der Waals surface area (Å²) >= 11 is 0. The van der Waals surface area contributed by atoms with Gasteiger partial charge in [-0.1, -0.05) is 6.42 Å². The lowest BCUT2D eigenvalue weighted by Gasteiger charge is -2.28. The number of nitro groups is 1. The van der Waals surface area contributed by atoms with Crippen LogP contribution < -0.4 is 4.74 Å². The van der Waals surface area contributed by atoms with E-state index in [2.05, 4.69) is 4.90 Å². The third kappa shape index (κ3) is 4.47. The number of benzene rings is 1. The van der Waals surface area contributed by atoms with Gasteiger partial charge < -0.3 is 14.7 Å². The minimum atomic E-state index is -0.539. The zero-order valence-electron chi connectivity index (χ0n) is 11.4. The number of non-ortho nitro benzene ring substituents is 1. The normalized spacial score (nSPS) is 17.6. The molecular weight excluding hydrogens is 260 g/mol. The summed E-state index contributed by atoms with van der Waals surface area (Å²) in [6.07, 6.45) is 3.11. The molecule has 0 aliphatic carbocycles. The van der Waals surface area contributed by atoms with Crippen LogP contribution >= 0.6 is 0 Å². The van der Waals surface area contributed by atoms with Gasteiger partial charge in [-0.15, -0.1) is 0 Å². The zero-order valence-corrected chi connectivity index (χ0v) is 11.4. The summed E-state index contributed by atoms with van der Waals surface area (Å²) in [5.74, 6) is 0.535. The Kier molecular flexibility index (Phi) is 5.31. The predicted octanol–water partition coefficient (Wildman–Crippen LogP) is 1.82. The second-order valence-corrected chi connectivity index (χ2v) is 5.08. The Morgan fingerprint density at radius 1 is 1.25 bits per heavy atom. The fourth-order valence-electron chi connectivity index (χ4n) is 2.35. The van der Waals surface area contributed by atoms with Gasteiger partial charge in [-0.05, 0) is 38.1 Å². The van der Waals surface area contributed by atoms with Crippen molar-refractivity contribution in [3.8, 4) is 5.75 Å². The molecule has 110 valence electrons. The molecule has 0 saturated carbocycles. The van der Waals surface area contributed by atoms with Crippen LogP contribution in [-0.4, -0.2) is 47.3 Å². The first-order chi connectivity index (χ1) is 9.65. The predicted molar refractivity (Wildman–Crippen MR) is 74.9 cm³/mol. The number of nitro benzene ring substituents is 1. The lowest BCUT2D eigenvalue weighted by Crippen LogP contribution is -2.38. The molecule has 6 heteroatoms. The molecule has 1 aliphatic heterocycles. The van der Waals surface area contributed by atoms with Crippen LogP contribution in [0.2, 0.25) is 0 Å². The number of ether oxygens (including phenoxy) is 1. The molecule has 1 aliphatic rings. The van der Waals surface area contributed by atoms with Crippen LogP contribution in [0.25, 0.3) is 0 Å². The Hall–Kier alpha value is -1.66. The molecule has 1 aromatic rings. The molecule has 0 bridgehead atoms. The van der Waals surface area contributed by atoms with E-state index in [1.54, 1.807) is 12.1 Å². The number of nitrogens with zero attached hydrogens (tertiary/aromatic N) is 2. The lowest BCUT2D eigenvalue weighted by atomic mass is 10.1. The molecule has 6 nitrogen and oxygen atoms in total. The van der Waals surface area contributed by atoms with Gasteiger partial charge in [0.05, 0.1) is 4.92 Å². The first-order valence-corrected chi connectivity index (χ1v) is 6.93. The standard InChI is InChI=1S/C14H20N2O4/c17-13(10-15-8-2-1-3-9-15)11-20-14-6-4-12(5-7-14)16(18)19/h4-7,13,17H,1-3,8-11H2/t13-/m1/s1. The van der Waals surface area contributed by atoms with Gasteiger partial charge in [0.25, 0.3) is 5.69 Å². The van der Waals surface area contributed by atoms with Crippen LogP contribution in [-0.2, 0) is 0 Å². The highest BCUT2D eigenvalue weighted by Crippen LogP contribution is 2.17. The molecule has 0 radical (unpaired) electrons. The van der Waals surface area contributed by atoms with Gasteiger partial charge in [0.15, 0.2) is 0 Å². The van der Waals surface area contributed by atoms with Crippen molar-refractivity contribution in [2.24, 2.45) is 0 Å². The van der Waals surface area contributed by atoms with Gasteiger partial charge in [0.1, 0.15) is 18.5 Å². The minimum Gasteiger partial charge on any atom is -0.491 e. The zero-order chi connectivity index (χ0) is 14.4. The maximum absolute atomic E-state index is 10.5. The third-order valence-corrected chi connectivity index (χ3v) is 3.41. The van der Waals surface area contributed by atoms with E-state index in [0.717, 1.165) is 13.1 Å². The number of β-amino-alcohol motifs (C(OH)–C–C–N with tert-alkyl or cyclic N) is 1. The highest BCUT2D eigenvalue weighted by Gasteiger charge is 2.15. The molecule has 20 heavy (non-hydrogen) atoms. The monoisotopic (exact) mass is 280 g/mol. The van der Waals surface area contributed by atoms with Crippen molar-refractivity contribution in [2.75, 3.05) is 26.2 Å². The van der Waals surface area contributed by atoms with Crippen molar-refractivity contribution in [3.05, 3.63) is 34.4 Å². The smallest absolute Gasteiger partial charge is 0.269 e. The van der Waals surface area contributed by atoms with Crippen LogP contribution in [0.3, 0.4) is 0 Å². The molecular formula is C14H20N2O4. The van der Waals surface area contributed by atoms with E-state index in [1.807, 2.05) is 0 Å². The number of aliphatic hydroxyl groups excluding tert-OH is 1. The highest BCUT2D eigenvalue weighted by atomic mass is 16.6. The number of hydrogen-bond donors (Lipinski definition) is 1. The number of rotatable bonds is 6. The Labute approximate surface area is 118 Å². The van der Waals surface area contributed by atoms with E-state index in [4.69, 9.17) is 4.74 Å². The van der Waals surface area contributed by atoms with Crippen LogP contribution in [0.15, 0.2) is 24.3 Å². The van der Waals surface area contributed by atoms with Crippen LogP contribution in [0, 0.1) is 10.1 Å². The topological polar surface area (TPSA) is 75.8 Å². The van der Waals surface area contributed by atoms with Crippen molar-refractivity contribution in [2.45, 2.75) is 25.4 Å². The molecule has 0 aromatic heterocycles. The van der Waals surface area contributed by atoms with Crippen molar-refractivity contribution < 1.29 is 14.8 Å². The van der Waals surface area contributed by atoms with E-state index in [9.17, 15) is 15.2 Å². The maximum atomic E-state index is 10.5. The van der Waals surface area contributed by atoms with Gasteiger partial charge in [0, 0.05) is 18.7 Å². The minimum absolute atomic E-state index is 0.0335. The Balaban J connectivity index is 1.74. The van der Waals surface area contributed by atoms with E-state index >= 15 is 0 Å². The van der Waals surface area contributed by atoms with E-state index in [1.165, 1.54) is 31.4 Å². The summed E-state index contributed by atoms with van der Waals surface area (Å²) in [5.41, 5.74) is 0.0335. The van der Waals surface area contributed by atoms with Gasteiger partial charge in [-0.3, -0.25) is 10.1 Å². The summed E-state index contributed by atoms with van der Waals surface area (Å²) < 4.78 is 5.44. The molecule has 1 N–H and O–H groups in total. The summed E-state index contributed by atoms with van der Waals surface area (Å²) in [7, 11) is 0. The first kappa shape index (κ1) is 14.7. The highest BCUT2D eigenvalue weighted by molar-refractivity contribution is 5.35. The Morgan fingerprint density at radius 2 is 1.90 bits per heavy atom. The first-order valence-electron chi connectivity index (χ1n) is 6.93. The molecule has 0 spiro atoms. The average Bonchev–Trinajstić information content (AvgIpc) is 2.46. The summed E-state index contributed by atoms with van der Waals surface area (Å²) in [6, 6.07) is 5.89. The molecule has 0 unspecified atom stereocenters. The molecule has 2 rings (SSSR count). The average molecular weight is 280 g/mol.